The summed E-state index contributed by atoms with van der Waals surface area (Å²) in [5, 5.41) is 2.55. The van der Waals surface area contributed by atoms with Crippen molar-refractivity contribution in [2.45, 2.75) is 27.2 Å². The van der Waals surface area contributed by atoms with Gasteiger partial charge in [0.2, 0.25) is 5.91 Å². The van der Waals surface area contributed by atoms with Gasteiger partial charge in [0.15, 0.2) is 11.7 Å². The topological polar surface area (TPSA) is 79.5 Å². The molecule has 2 aromatic carbocycles. The van der Waals surface area contributed by atoms with Crippen molar-refractivity contribution in [2.75, 3.05) is 6.61 Å². The summed E-state index contributed by atoms with van der Waals surface area (Å²) in [7, 11) is 0. The lowest BCUT2D eigenvalue weighted by molar-refractivity contribution is -0.124. The fourth-order valence-electron chi connectivity index (χ4n) is 2.37. The van der Waals surface area contributed by atoms with Gasteiger partial charge in [0.05, 0.1) is 6.42 Å². The van der Waals surface area contributed by atoms with E-state index >= 15 is 0 Å². The van der Waals surface area contributed by atoms with Gasteiger partial charge >= 0.3 is 0 Å². The standard InChI is InChI=1S/C20H23N3O3S/c1-13-8-6-10-17(15(13)3)26-12-19(25)22-23-20(27)21-18(24)11-16-9-5-4-7-14(16)2/h4-10H,11-12H2,1-3H3,(H,22,25)(H2,21,23,24,27). The lowest BCUT2D eigenvalue weighted by atomic mass is 10.1. The maximum Gasteiger partial charge on any atom is 0.276 e. The van der Waals surface area contributed by atoms with E-state index in [0.29, 0.717) is 5.75 Å². The SMILES string of the molecule is Cc1ccccc1CC(=O)NC(=S)NNC(=O)COc1cccc(C)c1C. The molecule has 0 saturated heterocycles. The number of rotatable bonds is 5. The Hall–Kier alpha value is -2.93. The van der Waals surface area contributed by atoms with Crippen molar-refractivity contribution in [2.24, 2.45) is 0 Å². The van der Waals surface area contributed by atoms with Crippen LogP contribution in [0.5, 0.6) is 5.75 Å². The van der Waals surface area contributed by atoms with E-state index < -0.39 is 5.91 Å². The third kappa shape index (κ3) is 6.38. The Morgan fingerprint density at radius 3 is 2.37 bits per heavy atom. The van der Waals surface area contributed by atoms with Crippen LogP contribution in [0, 0.1) is 20.8 Å². The highest BCUT2D eigenvalue weighted by molar-refractivity contribution is 7.80. The zero-order chi connectivity index (χ0) is 19.8. The highest BCUT2D eigenvalue weighted by Gasteiger charge is 2.09. The van der Waals surface area contributed by atoms with E-state index in [1.54, 1.807) is 6.07 Å². The molecule has 0 spiro atoms. The average Bonchev–Trinajstić information content (AvgIpc) is 2.63. The third-order valence-corrected chi connectivity index (χ3v) is 4.30. The highest BCUT2D eigenvalue weighted by Crippen LogP contribution is 2.20. The molecule has 0 atom stereocenters. The number of carbonyl (C=O) groups is 2. The lowest BCUT2D eigenvalue weighted by Gasteiger charge is -2.13. The first kappa shape index (κ1) is 20.4. The first-order valence-electron chi connectivity index (χ1n) is 8.49. The molecule has 0 saturated carbocycles. The summed E-state index contributed by atoms with van der Waals surface area (Å²) >= 11 is 5.01. The molecular formula is C20H23N3O3S. The van der Waals surface area contributed by atoms with E-state index in [-0.39, 0.29) is 24.0 Å². The van der Waals surface area contributed by atoms with Gasteiger partial charge in [-0.15, -0.1) is 0 Å². The Kier molecular flexibility index (Phi) is 7.31. The molecule has 27 heavy (non-hydrogen) atoms. The minimum Gasteiger partial charge on any atom is -0.483 e. The van der Waals surface area contributed by atoms with Crippen LogP contribution in [0.25, 0.3) is 0 Å². The van der Waals surface area contributed by atoms with Gasteiger partial charge in [0.25, 0.3) is 5.91 Å². The third-order valence-electron chi connectivity index (χ3n) is 4.09. The molecule has 0 unspecified atom stereocenters. The first-order chi connectivity index (χ1) is 12.9. The monoisotopic (exact) mass is 385 g/mol. The molecule has 2 aromatic rings. The van der Waals surface area contributed by atoms with Crippen LogP contribution in [0.4, 0.5) is 0 Å². The molecule has 6 nitrogen and oxygen atoms in total. The Labute approximate surface area is 164 Å². The lowest BCUT2D eigenvalue weighted by Crippen LogP contribution is -2.50. The molecule has 0 aliphatic carbocycles. The molecule has 142 valence electrons. The maximum atomic E-state index is 12.0. The minimum absolute atomic E-state index is 0.0219. The van der Waals surface area contributed by atoms with Crippen LogP contribution >= 0.6 is 12.2 Å². The van der Waals surface area contributed by atoms with E-state index in [4.69, 9.17) is 17.0 Å². The summed E-state index contributed by atoms with van der Waals surface area (Å²) in [5.74, 6) is -0.0200. The predicted molar refractivity (Wildman–Crippen MR) is 108 cm³/mol. The summed E-state index contributed by atoms with van der Waals surface area (Å²) in [4.78, 5) is 23.9. The zero-order valence-electron chi connectivity index (χ0n) is 15.6. The smallest absolute Gasteiger partial charge is 0.276 e. The number of amides is 2. The molecule has 7 heteroatoms. The number of benzene rings is 2. The van der Waals surface area contributed by atoms with Crippen LogP contribution in [-0.4, -0.2) is 23.5 Å². The summed E-state index contributed by atoms with van der Waals surface area (Å²) in [6.07, 6.45) is 0.207. The van der Waals surface area contributed by atoms with Crippen LogP contribution in [0.2, 0.25) is 0 Å². The number of nitrogens with one attached hydrogen (secondary N) is 3. The van der Waals surface area contributed by atoms with Gasteiger partial charge in [0, 0.05) is 0 Å². The second-order valence-corrected chi connectivity index (χ2v) is 6.55. The zero-order valence-corrected chi connectivity index (χ0v) is 16.4. The number of hydrogen-bond acceptors (Lipinski definition) is 4. The molecule has 0 fully saturated rings. The molecule has 0 radical (unpaired) electrons. The molecule has 2 amide bonds. The van der Waals surface area contributed by atoms with Crippen molar-refractivity contribution < 1.29 is 14.3 Å². The van der Waals surface area contributed by atoms with Crippen LogP contribution in [0.15, 0.2) is 42.5 Å². The van der Waals surface area contributed by atoms with Gasteiger partial charge in [-0.25, -0.2) is 0 Å². The predicted octanol–water partition coefficient (Wildman–Crippen LogP) is 2.26. The quantitative estimate of drug-likeness (QED) is 0.543. The molecule has 2 rings (SSSR count). The molecule has 0 heterocycles. The van der Waals surface area contributed by atoms with Crippen molar-refractivity contribution in [1.82, 2.24) is 16.2 Å². The number of hydrazine groups is 1. The Bertz CT molecular complexity index is 852. The summed E-state index contributed by atoms with van der Waals surface area (Å²) in [5.41, 5.74) is 8.91. The van der Waals surface area contributed by atoms with Gasteiger partial charge < -0.3 is 10.1 Å². The number of thiocarbonyl (C=S) groups is 1. The largest absolute Gasteiger partial charge is 0.483 e. The average molecular weight is 385 g/mol. The van der Waals surface area contributed by atoms with E-state index in [0.717, 1.165) is 22.3 Å². The van der Waals surface area contributed by atoms with Gasteiger partial charge in [0.1, 0.15) is 5.75 Å². The second-order valence-electron chi connectivity index (χ2n) is 6.14. The first-order valence-corrected chi connectivity index (χ1v) is 8.90. The summed E-state index contributed by atoms with van der Waals surface area (Å²) < 4.78 is 5.50. The number of hydrogen-bond donors (Lipinski definition) is 3. The number of carbonyl (C=O) groups excluding carboxylic acids is 2. The summed E-state index contributed by atoms with van der Waals surface area (Å²) in [6.45, 7) is 5.67. The molecule has 0 aliphatic heterocycles. The fraction of sp³-hybridized carbons (Fsp3) is 0.250. The van der Waals surface area contributed by atoms with Crippen LogP contribution < -0.4 is 20.9 Å². The maximum absolute atomic E-state index is 12.0. The molecule has 3 N–H and O–H groups in total. The van der Waals surface area contributed by atoms with Crippen molar-refractivity contribution in [1.29, 1.82) is 0 Å². The molecule has 0 aromatic heterocycles. The second kappa shape index (κ2) is 9.68. The van der Waals surface area contributed by atoms with E-state index in [1.807, 2.05) is 57.2 Å². The van der Waals surface area contributed by atoms with Gasteiger partial charge in [-0.1, -0.05) is 36.4 Å². The summed E-state index contributed by atoms with van der Waals surface area (Å²) in [6, 6.07) is 13.3. The van der Waals surface area contributed by atoms with E-state index in [2.05, 4.69) is 16.2 Å². The fourth-order valence-corrected chi connectivity index (χ4v) is 2.53. The minimum atomic E-state index is -0.411. The van der Waals surface area contributed by atoms with Crippen molar-refractivity contribution in [3.8, 4) is 5.75 Å². The molecule has 0 bridgehead atoms. The van der Waals surface area contributed by atoms with Crippen molar-refractivity contribution in [3.63, 3.8) is 0 Å². The highest BCUT2D eigenvalue weighted by atomic mass is 32.1. The van der Waals surface area contributed by atoms with Gasteiger partial charge in [-0.3, -0.25) is 20.4 Å². The van der Waals surface area contributed by atoms with Gasteiger partial charge in [-0.2, -0.15) is 0 Å². The number of ether oxygens (including phenoxy) is 1. The van der Waals surface area contributed by atoms with Crippen LogP contribution in [0.3, 0.4) is 0 Å². The van der Waals surface area contributed by atoms with Crippen LogP contribution in [-0.2, 0) is 16.0 Å². The number of aryl methyl sites for hydroxylation is 2. The van der Waals surface area contributed by atoms with Crippen molar-refractivity contribution in [3.05, 3.63) is 64.7 Å². The molecule has 0 aliphatic rings. The van der Waals surface area contributed by atoms with Crippen LogP contribution in [0.1, 0.15) is 22.3 Å². The van der Waals surface area contributed by atoms with Crippen molar-refractivity contribution >= 4 is 29.1 Å². The van der Waals surface area contributed by atoms with E-state index in [1.165, 1.54) is 0 Å². The van der Waals surface area contributed by atoms with E-state index in [9.17, 15) is 9.59 Å². The normalized spacial score (nSPS) is 10.0. The molecular weight excluding hydrogens is 362 g/mol. The Morgan fingerprint density at radius 2 is 1.63 bits per heavy atom. The Morgan fingerprint density at radius 1 is 0.926 bits per heavy atom. The Balaban J connectivity index is 1.73. The van der Waals surface area contributed by atoms with Gasteiger partial charge in [-0.05, 0) is 61.3 Å².